The molecule has 0 unspecified atom stereocenters. The van der Waals surface area contributed by atoms with Crippen LogP contribution in [0.25, 0.3) is 22.3 Å². The number of nitrogens with one attached hydrogen (secondary N) is 4. The van der Waals surface area contributed by atoms with Crippen molar-refractivity contribution in [2.24, 2.45) is 0 Å². The van der Waals surface area contributed by atoms with Crippen molar-refractivity contribution < 1.29 is 19.2 Å². The van der Waals surface area contributed by atoms with Gasteiger partial charge in [0.15, 0.2) is 22.3 Å². The van der Waals surface area contributed by atoms with Crippen LogP contribution in [0, 0.1) is 0 Å². The molecule has 0 saturated carbocycles. The molecule has 0 aromatic carbocycles. The first-order valence-corrected chi connectivity index (χ1v) is 12.6. The predicted octanol–water partition coefficient (Wildman–Crippen LogP) is -4.68. The van der Waals surface area contributed by atoms with Crippen LogP contribution in [0.2, 0.25) is 0 Å². The van der Waals surface area contributed by atoms with E-state index in [2.05, 4.69) is 40.5 Å². The number of nitrogens with zero attached hydrogens (tertiary/aromatic N) is 8. The molecule has 4 aromatic heterocycles. The molecule has 220 valence electrons. The Morgan fingerprint density at radius 1 is 0.714 bits per heavy atom. The van der Waals surface area contributed by atoms with Crippen molar-refractivity contribution in [3.63, 3.8) is 0 Å². The molecule has 8 N–H and O–H groups in total. The summed E-state index contributed by atoms with van der Waals surface area (Å²) < 4.78 is 2.67. The van der Waals surface area contributed by atoms with Crippen LogP contribution in [0.4, 0.5) is 11.9 Å². The van der Waals surface area contributed by atoms with Gasteiger partial charge in [0.1, 0.15) is 13.1 Å². The number of aromatic amines is 2. The number of hydrogen-bond donors (Lipinski definition) is 6. The summed E-state index contributed by atoms with van der Waals surface area (Å²) in [4.78, 5) is 98.7. The number of carbonyl (C=O) groups excluding carboxylic acids is 4. The van der Waals surface area contributed by atoms with E-state index in [-0.39, 0.29) is 86.6 Å². The molecule has 0 bridgehead atoms. The maximum absolute atomic E-state index is 13.1. The van der Waals surface area contributed by atoms with Gasteiger partial charge in [-0.05, 0) is 0 Å². The third kappa shape index (κ3) is 5.85. The van der Waals surface area contributed by atoms with Crippen LogP contribution < -0.4 is 33.2 Å². The Hall–Kier alpha value is -5.82. The van der Waals surface area contributed by atoms with Gasteiger partial charge in [-0.25, -0.2) is 9.97 Å². The summed E-state index contributed by atoms with van der Waals surface area (Å²) in [5.41, 5.74) is 10.3. The van der Waals surface area contributed by atoms with E-state index in [1.165, 1.54) is 31.6 Å². The number of H-pyrrole nitrogens is 2. The zero-order valence-corrected chi connectivity index (χ0v) is 22.0. The van der Waals surface area contributed by atoms with Gasteiger partial charge in [0.25, 0.3) is 11.1 Å². The Balaban J connectivity index is 1.24. The topological polar surface area (TPSA) is 278 Å². The molecule has 42 heavy (non-hydrogen) atoms. The molecule has 0 atom stereocenters. The monoisotopic (exact) mass is 582 g/mol. The van der Waals surface area contributed by atoms with Crippen LogP contribution in [-0.2, 0) is 32.3 Å². The highest BCUT2D eigenvalue weighted by molar-refractivity contribution is 5.87. The smallest absolute Gasteiger partial charge is 0.280 e. The minimum Gasteiger partial charge on any atom is -0.369 e. The summed E-state index contributed by atoms with van der Waals surface area (Å²) in [7, 11) is 0. The third-order valence-electron chi connectivity index (χ3n) is 6.38. The minimum absolute atomic E-state index is 0.00470. The summed E-state index contributed by atoms with van der Waals surface area (Å²) in [6, 6.07) is 0. The van der Waals surface area contributed by atoms with Gasteiger partial charge in [-0.2, -0.15) is 9.97 Å². The number of hydrogen-bond acceptors (Lipinski definition) is 12. The molecule has 1 aliphatic rings. The molecule has 20 heteroatoms. The Morgan fingerprint density at radius 2 is 1.12 bits per heavy atom. The molecule has 4 aromatic rings. The van der Waals surface area contributed by atoms with Gasteiger partial charge >= 0.3 is 0 Å². The summed E-state index contributed by atoms with van der Waals surface area (Å²) in [5.74, 6) is -2.24. The fourth-order valence-corrected chi connectivity index (χ4v) is 4.37. The number of amides is 4. The van der Waals surface area contributed by atoms with Gasteiger partial charge in [0.2, 0.25) is 35.5 Å². The second kappa shape index (κ2) is 11.3. The van der Waals surface area contributed by atoms with Gasteiger partial charge in [-0.3, -0.25) is 38.7 Å². The molecule has 1 aliphatic heterocycles. The van der Waals surface area contributed by atoms with Gasteiger partial charge in [-0.15, -0.1) is 0 Å². The first-order chi connectivity index (χ1) is 20.1. The molecule has 1 saturated heterocycles. The number of anilines is 2. The van der Waals surface area contributed by atoms with Gasteiger partial charge in [-0.1, -0.05) is 0 Å². The van der Waals surface area contributed by atoms with Crippen molar-refractivity contribution in [3.05, 3.63) is 33.4 Å². The van der Waals surface area contributed by atoms with Crippen molar-refractivity contribution in [3.8, 4) is 0 Å². The maximum atomic E-state index is 13.1. The van der Waals surface area contributed by atoms with E-state index in [4.69, 9.17) is 11.5 Å². The summed E-state index contributed by atoms with van der Waals surface area (Å²) in [6.07, 6.45) is 2.54. The van der Waals surface area contributed by atoms with Gasteiger partial charge < -0.3 is 41.0 Å². The molecule has 5 heterocycles. The Labute approximate surface area is 234 Å². The highest BCUT2D eigenvalue weighted by Crippen LogP contribution is 2.09. The van der Waals surface area contributed by atoms with E-state index in [1.807, 2.05) is 0 Å². The largest absolute Gasteiger partial charge is 0.369 e. The molecule has 0 spiro atoms. The van der Waals surface area contributed by atoms with Gasteiger partial charge in [0, 0.05) is 26.2 Å². The predicted molar refractivity (Wildman–Crippen MR) is 144 cm³/mol. The van der Waals surface area contributed by atoms with E-state index in [0.29, 0.717) is 0 Å². The molecule has 0 radical (unpaired) electrons. The maximum Gasteiger partial charge on any atom is 0.280 e. The quantitative estimate of drug-likeness (QED) is 0.132. The summed E-state index contributed by atoms with van der Waals surface area (Å²) in [5, 5.41) is 5.29. The molecular formula is C22H26N14O6. The van der Waals surface area contributed by atoms with E-state index in [1.54, 1.807) is 0 Å². The SMILES string of the molecule is Nc1nc2c(ncn2CC(=O)N2CCNC(=O)CN(C(=O)Cn3cnc4c(=O)[nH]c(N)nc43)CCNC(=O)C2)c(=O)[nH]1. The van der Waals surface area contributed by atoms with Crippen LogP contribution in [0.3, 0.4) is 0 Å². The van der Waals surface area contributed by atoms with Crippen LogP contribution in [0.15, 0.2) is 22.2 Å². The first kappa shape index (κ1) is 27.7. The molecule has 20 nitrogen and oxygen atoms in total. The average Bonchev–Trinajstić information content (AvgIpc) is 3.51. The second-order valence-electron chi connectivity index (χ2n) is 9.32. The number of nitrogen functional groups attached to an aromatic ring is 2. The minimum atomic E-state index is -0.556. The van der Waals surface area contributed by atoms with Crippen molar-refractivity contribution >= 4 is 57.9 Å². The normalized spacial score (nSPS) is 15.2. The lowest BCUT2D eigenvalue weighted by molar-refractivity contribution is -0.138. The average molecular weight is 583 g/mol. The van der Waals surface area contributed by atoms with E-state index in [0.717, 1.165) is 0 Å². The Bertz CT molecular complexity index is 1690. The Kier molecular flexibility index (Phi) is 7.49. The number of nitrogens with two attached hydrogens (primary N) is 2. The molecule has 5 rings (SSSR count). The van der Waals surface area contributed by atoms with Crippen molar-refractivity contribution in [2.45, 2.75) is 13.1 Å². The van der Waals surface area contributed by atoms with E-state index >= 15 is 0 Å². The first-order valence-electron chi connectivity index (χ1n) is 12.6. The lowest BCUT2D eigenvalue weighted by atomic mass is 10.3. The fourth-order valence-electron chi connectivity index (χ4n) is 4.37. The lowest BCUT2D eigenvalue weighted by Gasteiger charge is -2.26. The number of imidazole rings is 2. The zero-order chi connectivity index (χ0) is 30.0. The number of aromatic nitrogens is 8. The molecular weight excluding hydrogens is 556 g/mol. The highest BCUT2D eigenvalue weighted by Gasteiger charge is 2.23. The van der Waals surface area contributed by atoms with E-state index < -0.39 is 34.7 Å². The van der Waals surface area contributed by atoms with Crippen LogP contribution in [-0.4, -0.2) is 112 Å². The van der Waals surface area contributed by atoms with Crippen molar-refractivity contribution in [2.75, 3.05) is 50.7 Å². The molecule has 1 fully saturated rings. The number of rotatable bonds is 4. The van der Waals surface area contributed by atoms with Crippen molar-refractivity contribution in [1.29, 1.82) is 0 Å². The van der Waals surface area contributed by atoms with E-state index in [9.17, 15) is 28.8 Å². The van der Waals surface area contributed by atoms with Crippen LogP contribution >= 0.6 is 0 Å². The van der Waals surface area contributed by atoms with Crippen molar-refractivity contribution in [1.82, 2.24) is 59.5 Å². The van der Waals surface area contributed by atoms with Gasteiger partial charge in [0.05, 0.1) is 25.7 Å². The number of carbonyl (C=O) groups is 4. The fraction of sp³-hybridized carbons (Fsp3) is 0.364. The lowest BCUT2D eigenvalue weighted by Crippen LogP contribution is -2.50. The van der Waals surface area contributed by atoms with Crippen LogP contribution in [0.1, 0.15) is 0 Å². The third-order valence-corrected chi connectivity index (χ3v) is 6.38. The summed E-state index contributed by atoms with van der Waals surface area (Å²) >= 11 is 0. The van der Waals surface area contributed by atoms with Crippen LogP contribution in [0.5, 0.6) is 0 Å². The number of fused-ring (bicyclic) bond motifs is 2. The standard InChI is InChI=1S/C22H26N14O6/c23-21-29-17-15(19(41)31-21)27-9-35(17)7-13(39)33-3-1-25-11(37)5-34(4-2-26-12(38)6-33)14(40)8-36-10-28-16-18(36)30-22(24)32-20(16)42/h9-10H,1-8H2,(H,25,37)(H,26,38)(H3,23,29,31,41)(H3,24,30,32,42). The summed E-state index contributed by atoms with van der Waals surface area (Å²) in [6.45, 7) is -1.27. The second-order valence-corrected chi connectivity index (χ2v) is 9.32. The molecule has 0 aliphatic carbocycles. The molecule has 4 amide bonds. The highest BCUT2D eigenvalue weighted by atomic mass is 16.2. The Morgan fingerprint density at radius 3 is 1.52 bits per heavy atom. The zero-order valence-electron chi connectivity index (χ0n) is 22.0.